The maximum atomic E-state index is 11.0. The molecule has 0 aliphatic heterocycles. The van der Waals surface area contributed by atoms with Crippen molar-refractivity contribution in [3.63, 3.8) is 0 Å². The fourth-order valence-corrected chi connectivity index (χ4v) is 1.84. The number of nitrogens with zero attached hydrogens (tertiary/aromatic N) is 1. The van der Waals surface area contributed by atoms with Crippen LogP contribution in [0.4, 0.5) is 5.69 Å². The highest BCUT2D eigenvalue weighted by atomic mass is 35.5. The van der Waals surface area contributed by atoms with Crippen LogP contribution in [0, 0.1) is 10.1 Å². The third-order valence-electron chi connectivity index (χ3n) is 1.85. The molecule has 0 aromatic heterocycles. The monoisotopic (exact) mass is 279 g/mol. The zero-order valence-electron chi connectivity index (χ0n) is 8.57. The van der Waals surface area contributed by atoms with Crippen LogP contribution in [0.2, 0.25) is 10.0 Å². The first-order chi connectivity index (χ1) is 7.90. The summed E-state index contributed by atoms with van der Waals surface area (Å²) in [5, 5.41) is 19.3. The van der Waals surface area contributed by atoms with Gasteiger partial charge in [-0.3, -0.25) is 10.1 Å². The minimum Gasteiger partial charge on any atom is -0.491 e. The summed E-state index contributed by atoms with van der Waals surface area (Å²) in [6.07, 6.45) is 0. The number of benzene rings is 1. The number of carboxylic acids is 1. The van der Waals surface area contributed by atoms with Gasteiger partial charge in [-0.25, -0.2) is 4.79 Å². The minimum absolute atomic E-state index is 0.0835. The Morgan fingerprint density at radius 3 is 2.53 bits per heavy atom. The Labute approximate surface area is 106 Å². The molecule has 0 aliphatic carbocycles. The lowest BCUT2D eigenvalue weighted by Gasteiger charge is -2.10. The molecular weight excluding hydrogens is 273 g/mol. The molecule has 0 saturated heterocycles. The van der Waals surface area contributed by atoms with Crippen molar-refractivity contribution < 1.29 is 19.6 Å². The third-order valence-corrected chi connectivity index (χ3v) is 2.41. The van der Waals surface area contributed by atoms with E-state index in [1.54, 1.807) is 6.92 Å². The van der Waals surface area contributed by atoms with E-state index in [1.165, 1.54) is 0 Å². The second kappa shape index (κ2) is 5.20. The number of carboxylic acid groups (broad SMARTS) is 1. The zero-order valence-corrected chi connectivity index (χ0v) is 10.1. The van der Waals surface area contributed by atoms with Gasteiger partial charge in [0.05, 0.1) is 16.6 Å². The highest BCUT2D eigenvalue weighted by Gasteiger charge is 2.30. The summed E-state index contributed by atoms with van der Waals surface area (Å²) in [6, 6.07) is 1.08. The van der Waals surface area contributed by atoms with Crippen LogP contribution < -0.4 is 4.74 Å². The quantitative estimate of drug-likeness (QED) is 0.676. The molecule has 1 aromatic rings. The molecule has 1 aromatic carbocycles. The normalized spacial score (nSPS) is 10.1. The average Bonchev–Trinajstić information content (AvgIpc) is 2.20. The van der Waals surface area contributed by atoms with Crippen molar-refractivity contribution in [2.75, 3.05) is 6.61 Å². The largest absolute Gasteiger partial charge is 0.491 e. The molecule has 1 rings (SSSR count). The Balaban J connectivity index is 3.65. The van der Waals surface area contributed by atoms with E-state index < -0.39 is 22.1 Å². The first-order valence-corrected chi connectivity index (χ1v) is 5.18. The summed E-state index contributed by atoms with van der Waals surface area (Å²) in [6.45, 7) is 1.72. The molecule has 0 aliphatic rings. The van der Waals surface area contributed by atoms with Gasteiger partial charge in [0, 0.05) is 0 Å². The van der Waals surface area contributed by atoms with E-state index in [-0.39, 0.29) is 22.4 Å². The van der Waals surface area contributed by atoms with Crippen LogP contribution in [0.5, 0.6) is 5.75 Å². The number of nitro benzene ring substituents is 1. The molecule has 0 amide bonds. The van der Waals surface area contributed by atoms with Crippen LogP contribution in [0.25, 0.3) is 0 Å². The molecule has 8 heteroatoms. The van der Waals surface area contributed by atoms with Crippen LogP contribution in [-0.2, 0) is 0 Å². The maximum absolute atomic E-state index is 11.0. The minimum atomic E-state index is -1.52. The second-order valence-corrected chi connectivity index (χ2v) is 3.70. The second-order valence-electron chi connectivity index (χ2n) is 2.89. The molecule has 0 atom stereocenters. The Morgan fingerprint density at radius 1 is 1.53 bits per heavy atom. The van der Waals surface area contributed by atoms with Gasteiger partial charge < -0.3 is 9.84 Å². The molecule has 0 unspecified atom stereocenters. The molecule has 92 valence electrons. The van der Waals surface area contributed by atoms with Gasteiger partial charge in [-0.2, -0.15) is 0 Å². The first-order valence-electron chi connectivity index (χ1n) is 4.42. The number of hydrogen-bond donors (Lipinski definition) is 1. The van der Waals surface area contributed by atoms with Crippen molar-refractivity contribution in [3.05, 3.63) is 31.8 Å². The molecule has 0 fully saturated rings. The van der Waals surface area contributed by atoms with Crippen LogP contribution in [-0.4, -0.2) is 22.6 Å². The van der Waals surface area contributed by atoms with Crippen LogP contribution in [0.15, 0.2) is 6.07 Å². The molecule has 6 nitrogen and oxygen atoms in total. The number of nitro groups is 1. The van der Waals surface area contributed by atoms with Crippen LogP contribution >= 0.6 is 23.2 Å². The maximum Gasteiger partial charge on any atom is 0.346 e. The fourth-order valence-electron chi connectivity index (χ4n) is 1.25. The van der Waals surface area contributed by atoms with Crippen molar-refractivity contribution in [1.82, 2.24) is 0 Å². The molecule has 17 heavy (non-hydrogen) atoms. The summed E-state index contributed by atoms with van der Waals surface area (Å²) < 4.78 is 5.00. The number of halogens is 2. The lowest BCUT2D eigenvalue weighted by atomic mass is 10.1. The van der Waals surface area contributed by atoms with Gasteiger partial charge in [0.2, 0.25) is 0 Å². The van der Waals surface area contributed by atoms with Gasteiger partial charge in [0.25, 0.3) is 0 Å². The van der Waals surface area contributed by atoms with Crippen LogP contribution in [0.3, 0.4) is 0 Å². The van der Waals surface area contributed by atoms with E-state index in [2.05, 4.69) is 0 Å². The molecule has 0 spiro atoms. The highest BCUT2D eigenvalue weighted by Crippen LogP contribution is 2.40. The Kier molecular flexibility index (Phi) is 4.14. The first kappa shape index (κ1) is 13.5. The predicted molar refractivity (Wildman–Crippen MR) is 61.2 cm³/mol. The molecule has 0 saturated carbocycles. The Hall–Kier alpha value is -1.53. The van der Waals surface area contributed by atoms with Crippen molar-refractivity contribution in [2.24, 2.45) is 0 Å². The topological polar surface area (TPSA) is 89.7 Å². The number of carbonyl (C=O) groups is 1. The van der Waals surface area contributed by atoms with E-state index in [4.69, 9.17) is 33.0 Å². The number of hydrogen-bond acceptors (Lipinski definition) is 4. The van der Waals surface area contributed by atoms with Gasteiger partial charge in [-0.05, 0) is 13.0 Å². The lowest BCUT2D eigenvalue weighted by molar-refractivity contribution is -0.385. The summed E-state index contributed by atoms with van der Waals surface area (Å²) in [7, 11) is 0. The summed E-state index contributed by atoms with van der Waals surface area (Å²) in [5.74, 6) is -1.78. The molecular formula is C9H7Cl2NO5. The summed E-state index contributed by atoms with van der Waals surface area (Å²) in [5.41, 5.74) is -1.37. The smallest absolute Gasteiger partial charge is 0.346 e. The predicted octanol–water partition coefficient (Wildman–Crippen LogP) is 3.00. The summed E-state index contributed by atoms with van der Waals surface area (Å²) >= 11 is 11.3. The van der Waals surface area contributed by atoms with Gasteiger partial charge in [-0.1, -0.05) is 23.2 Å². The average molecular weight is 280 g/mol. The van der Waals surface area contributed by atoms with Crippen molar-refractivity contribution in [3.8, 4) is 5.75 Å². The highest BCUT2D eigenvalue weighted by molar-refractivity contribution is 6.38. The Morgan fingerprint density at radius 2 is 2.12 bits per heavy atom. The molecule has 0 bridgehead atoms. The van der Waals surface area contributed by atoms with Crippen molar-refractivity contribution >= 4 is 34.9 Å². The molecule has 0 radical (unpaired) electrons. The van der Waals surface area contributed by atoms with E-state index in [0.717, 1.165) is 6.07 Å². The summed E-state index contributed by atoms with van der Waals surface area (Å²) in [4.78, 5) is 20.9. The zero-order chi connectivity index (χ0) is 13.2. The SMILES string of the molecule is CCOc1c(Cl)cc(Cl)c([N+](=O)[O-])c1C(=O)O. The van der Waals surface area contributed by atoms with E-state index in [1.807, 2.05) is 0 Å². The van der Waals surface area contributed by atoms with E-state index in [9.17, 15) is 14.9 Å². The van der Waals surface area contributed by atoms with Crippen molar-refractivity contribution in [2.45, 2.75) is 6.92 Å². The molecule has 1 N–H and O–H groups in total. The standard InChI is InChI=1S/C9H7Cl2NO5/c1-2-17-8-5(11)3-4(10)7(12(15)16)6(8)9(13)14/h3H,2H2,1H3,(H,13,14). The Bertz CT molecular complexity index is 489. The lowest BCUT2D eigenvalue weighted by Crippen LogP contribution is -2.08. The van der Waals surface area contributed by atoms with Gasteiger partial charge in [0.1, 0.15) is 5.02 Å². The van der Waals surface area contributed by atoms with E-state index in [0.29, 0.717) is 0 Å². The number of rotatable bonds is 4. The van der Waals surface area contributed by atoms with Crippen molar-refractivity contribution in [1.29, 1.82) is 0 Å². The van der Waals surface area contributed by atoms with Gasteiger partial charge in [-0.15, -0.1) is 0 Å². The van der Waals surface area contributed by atoms with Gasteiger partial charge >= 0.3 is 11.7 Å². The fraction of sp³-hybridized carbons (Fsp3) is 0.222. The number of ether oxygens (including phenoxy) is 1. The van der Waals surface area contributed by atoms with Gasteiger partial charge in [0.15, 0.2) is 11.3 Å². The van der Waals surface area contributed by atoms with E-state index >= 15 is 0 Å². The third kappa shape index (κ3) is 2.59. The van der Waals surface area contributed by atoms with Crippen LogP contribution in [0.1, 0.15) is 17.3 Å². The molecule has 0 heterocycles. The number of aromatic carboxylic acids is 1.